The first-order valence-electron chi connectivity index (χ1n) is 9.74. The normalized spacial score (nSPS) is 14.1. The van der Waals surface area contributed by atoms with E-state index in [1.165, 1.54) is 11.3 Å². The highest BCUT2D eigenvalue weighted by Gasteiger charge is 2.24. The molecule has 2 heterocycles. The summed E-state index contributed by atoms with van der Waals surface area (Å²) in [5, 5.41) is 10.3. The number of carbonyl (C=O) groups is 1. The second-order valence-corrected chi connectivity index (χ2v) is 8.52. The molecule has 1 fully saturated rings. The van der Waals surface area contributed by atoms with Gasteiger partial charge < -0.3 is 4.74 Å². The number of aryl methyl sites for hydroxylation is 1. The standard InChI is InChI=1S/C22H21ClN4O2S.ClH/c1-15-2-7-18(23)20-19(15)25-22(30-20)27(9-8-26-10-12-29-13-11-26)21(28)17-5-3-16(14-24)4-6-17;/h2-7H,8-13H2,1H3;1H. The van der Waals surface area contributed by atoms with E-state index in [0.29, 0.717) is 41.0 Å². The van der Waals surface area contributed by atoms with Crippen LogP contribution in [-0.4, -0.2) is 55.2 Å². The molecule has 4 rings (SSSR count). The lowest BCUT2D eigenvalue weighted by Gasteiger charge is -2.29. The average Bonchev–Trinajstić information content (AvgIpc) is 3.24. The number of halogens is 2. The van der Waals surface area contributed by atoms with Gasteiger partial charge in [-0.3, -0.25) is 14.6 Å². The molecule has 31 heavy (non-hydrogen) atoms. The van der Waals surface area contributed by atoms with Gasteiger partial charge in [-0.05, 0) is 42.8 Å². The zero-order valence-corrected chi connectivity index (χ0v) is 19.4. The highest BCUT2D eigenvalue weighted by Crippen LogP contribution is 2.36. The van der Waals surface area contributed by atoms with Crippen LogP contribution in [-0.2, 0) is 4.74 Å². The smallest absolute Gasteiger partial charge is 0.260 e. The Kier molecular flexibility index (Phi) is 7.87. The van der Waals surface area contributed by atoms with Gasteiger partial charge in [0.1, 0.15) is 0 Å². The monoisotopic (exact) mass is 476 g/mol. The van der Waals surface area contributed by atoms with E-state index in [0.717, 1.165) is 35.4 Å². The van der Waals surface area contributed by atoms with Gasteiger partial charge in [0.2, 0.25) is 0 Å². The van der Waals surface area contributed by atoms with Crippen molar-refractivity contribution >= 4 is 56.6 Å². The van der Waals surface area contributed by atoms with E-state index in [1.807, 2.05) is 19.1 Å². The lowest BCUT2D eigenvalue weighted by Crippen LogP contribution is -2.43. The molecule has 0 radical (unpaired) electrons. The fourth-order valence-corrected chi connectivity index (χ4v) is 4.74. The van der Waals surface area contributed by atoms with Gasteiger partial charge in [0, 0.05) is 31.7 Å². The van der Waals surface area contributed by atoms with E-state index < -0.39 is 0 Å². The predicted octanol–water partition coefficient (Wildman–Crippen LogP) is 4.53. The summed E-state index contributed by atoms with van der Waals surface area (Å²) in [6.45, 7) is 6.35. The number of amides is 1. The van der Waals surface area contributed by atoms with Crippen LogP contribution in [0.5, 0.6) is 0 Å². The van der Waals surface area contributed by atoms with E-state index in [9.17, 15) is 4.79 Å². The van der Waals surface area contributed by atoms with E-state index >= 15 is 0 Å². The van der Waals surface area contributed by atoms with Crippen LogP contribution < -0.4 is 4.90 Å². The van der Waals surface area contributed by atoms with Crippen molar-refractivity contribution in [2.75, 3.05) is 44.3 Å². The Morgan fingerprint density at radius 3 is 2.61 bits per heavy atom. The van der Waals surface area contributed by atoms with Crippen LogP contribution >= 0.6 is 35.3 Å². The quantitative estimate of drug-likeness (QED) is 0.540. The molecule has 6 nitrogen and oxygen atoms in total. The zero-order chi connectivity index (χ0) is 21.1. The van der Waals surface area contributed by atoms with Gasteiger partial charge in [0.25, 0.3) is 5.91 Å². The topological polar surface area (TPSA) is 69.5 Å². The van der Waals surface area contributed by atoms with Gasteiger partial charge in [0.15, 0.2) is 5.13 Å². The molecule has 0 bridgehead atoms. The zero-order valence-electron chi connectivity index (χ0n) is 17.0. The summed E-state index contributed by atoms with van der Waals surface area (Å²) in [5.74, 6) is -0.138. The molecule has 9 heteroatoms. The van der Waals surface area contributed by atoms with Crippen molar-refractivity contribution in [3.8, 4) is 6.07 Å². The summed E-state index contributed by atoms with van der Waals surface area (Å²) in [6.07, 6.45) is 0. The first-order chi connectivity index (χ1) is 14.6. The van der Waals surface area contributed by atoms with E-state index in [2.05, 4.69) is 11.0 Å². The van der Waals surface area contributed by atoms with Crippen molar-refractivity contribution in [2.24, 2.45) is 0 Å². The molecule has 0 N–H and O–H groups in total. The molecule has 1 aliphatic rings. The number of hydrogen-bond donors (Lipinski definition) is 0. The molecule has 1 amide bonds. The maximum Gasteiger partial charge on any atom is 0.260 e. The van der Waals surface area contributed by atoms with E-state index in [4.69, 9.17) is 26.6 Å². The number of hydrogen-bond acceptors (Lipinski definition) is 6. The summed E-state index contributed by atoms with van der Waals surface area (Å²) in [4.78, 5) is 22.2. The number of aromatic nitrogens is 1. The summed E-state index contributed by atoms with van der Waals surface area (Å²) >= 11 is 7.82. The maximum atomic E-state index is 13.4. The van der Waals surface area contributed by atoms with Crippen LogP contribution in [0.3, 0.4) is 0 Å². The van der Waals surface area contributed by atoms with Crippen LogP contribution in [0, 0.1) is 18.3 Å². The lowest BCUT2D eigenvalue weighted by molar-refractivity contribution is 0.0391. The highest BCUT2D eigenvalue weighted by atomic mass is 35.5. The molecule has 2 aromatic carbocycles. The Labute approximate surface area is 196 Å². The van der Waals surface area contributed by atoms with Crippen LogP contribution in [0.4, 0.5) is 5.13 Å². The molecule has 162 valence electrons. The molecular formula is C22H22Cl2N4O2S. The van der Waals surface area contributed by atoms with Gasteiger partial charge in [-0.25, -0.2) is 4.98 Å². The van der Waals surface area contributed by atoms with Crippen molar-refractivity contribution in [1.29, 1.82) is 5.26 Å². The molecule has 1 aromatic heterocycles. The lowest BCUT2D eigenvalue weighted by atomic mass is 10.1. The van der Waals surface area contributed by atoms with E-state index in [-0.39, 0.29) is 18.3 Å². The van der Waals surface area contributed by atoms with Crippen molar-refractivity contribution in [2.45, 2.75) is 6.92 Å². The number of nitriles is 1. The Bertz CT molecular complexity index is 1070. The molecule has 1 aliphatic heterocycles. The number of rotatable bonds is 5. The number of fused-ring (bicyclic) bond motifs is 1. The first kappa shape index (κ1) is 23.5. The summed E-state index contributed by atoms with van der Waals surface area (Å²) in [5.41, 5.74) is 2.90. The fraction of sp³-hybridized carbons (Fsp3) is 0.318. The van der Waals surface area contributed by atoms with Crippen LogP contribution in [0.25, 0.3) is 10.2 Å². The molecule has 0 saturated carbocycles. The summed E-state index contributed by atoms with van der Waals surface area (Å²) in [7, 11) is 0. The minimum absolute atomic E-state index is 0. The summed E-state index contributed by atoms with van der Waals surface area (Å²) < 4.78 is 6.31. The van der Waals surface area contributed by atoms with Crippen LogP contribution in [0.15, 0.2) is 36.4 Å². The van der Waals surface area contributed by atoms with Crippen molar-refractivity contribution < 1.29 is 9.53 Å². The maximum absolute atomic E-state index is 13.4. The largest absolute Gasteiger partial charge is 0.379 e. The van der Waals surface area contributed by atoms with Gasteiger partial charge in [0.05, 0.1) is 40.1 Å². The van der Waals surface area contributed by atoms with Crippen LogP contribution in [0.2, 0.25) is 5.02 Å². The van der Waals surface area contributed by atoms with Crippen molar-refractivity contribution in [3.05, 3.63) is 58.1 Å². The molecule has 0 atom stereocenters. The van der Waals surface area contributed by atoms with Crippen LogP contribution in [0.1, 0.15) is 21.5 Å². The second-order valence-electron chi connectivity index (χ2n) is 7.14. The number of ether oxygens (including phenoxy) is 1. The minimum Gasteiger partial charge on any atom is -0.379 e. The van der Waals surface area contributed by atoms with Gasteiger partial charge in [-0.15, -0.1) is 12.4 Å². The van der Waals surface area contributed by atoms with Gasteiger partial charge >= 0.3 is 0 Å². The SMILES string of the molecule is Cc1ccc(Cl)c2sc(N(CCN3CCOCC3)C(=O)c3ccc(C#N)cc3)nc12.Cl. The number of anilines is 1. The molecule has 0 spiro atoms. The van der Waals surface area contributed by atoms with Crippen molar-refractivity contribution in [1.82, 2.24) is 9.88 Å². The molecule has 0 aliphatic carbocycles. The highest BCUT2D eigenvalue weighted by molar-refractivity contribution is 7.23. The summed E-state index contributed by atoms with van der Waals surface area (Å²) in [6, 6.07) is 12.6. The molecule has 3 aromatic rings. The van der Waals surface area contributed by atoms with Gasteiger partial charge in [-0.1, -0.05) is 29.0 Å². The molecule has 0 unspecified atom stereocenters. The number of nitrogens with zero attached hydrogens (tertiary/aromatic N) is 4. The third kappa shape index (κ3) is 5.17. The number of carbonyl (C=O) groups excluding carboxylic acids is 1. The third-order valence-electron chi connectivity index (χ3n) is 5.17. The Balaban J connectivity index is 0.00000272. The average molecular weight is 477 g/mol. The Morgan fingerprint density at radius 1 is 1.26 bits per heavy atom. The number of benzene rings is 2. The Hall–Kier alpha value is -2.21. The number of thiazole rings is 1. The first-order valence-corrected chi connectivity index (χ1v) is 10.9. The predicted molar refractivity (Wildman–Crippen MR) is 127 cm³/mol. The third-order valence-corrected chi connectivity index (χ3v) is 6.71. The Morgan fingerprint density at radius 2 is 1.97 bits per heavy atom. The second kappa shape index (κ2) is 10.4. The minimum atomic E-state index is -0.138. The molecule has 1 saturated heterocycles. The van der Waals surface area contributed by atoms with Crippen molar-refractivity contribution in [3.63, 3.8) is 0 Å². The fourth-order valence-electron chi connectivity index (χ4n) is 3.40. The van der Waals surface area contributed by atoms with Gasteiger partial charge in [-0.2, -0.15) is 5.26 Å². The molecular weight excluding hydrogens is 455 g/mol. The number of morpholine rings is 1. The van der Waals surface area contributed by atoms with E-state index in [1.54, 1.807) is 29.2 Å².